The molecule has 6 rings (SSSR count). The normalized spacial score (nSPS) is 11.6. The molecular weight excluding hydrogens is 498 g/mol. The van der Waals surface area contributed by atoms with Gasteiger partial charge in [0.1, 0.15) is 22.7 Å². The minimum absolute atomic E-state index is 0.143. The Balaban J connectivity index is 1.45. The SMILES string of the molecule is CC(C)C(=O)Nc1cncc(-c2cnc3[nH]nc(-c4nc5c(-c6ccc(F)s6)nccc5[nH]4)c3c2F)c1. The van der Waals surface area contributed by atoms with E-state index in [0.29, 0.717) is 38.7 Å². The van der Waals surface area contributed by atoms with Crippen LogP contribution in [0.4, 0.5) is 14.5 Å². The number of hydrogen-bond donors (Lipinski definition) is 3. The molecule has 0 aliphatic heterocycles. The zero-order valence-corrected chi connectivity index (χ0v) is 20.3. The summed E-state index contributed by atoms with van der Waals surface area (Å²) in [5.74, 6) is -0.650. The van der Waals surface area contributed by atoms with Gasteiger partial charge in [-0.1, -0.05) is 13.8 Å². The monoisotopic (exact) mass is 516 g/mol. The number of hydrogen-bond acceptors (Lipinski definition) is 7. The number of nitrogens with one attached hydrogen (secondary N) is 3. The van der Waals surface area contributed by atoms with Crippen molar-refractivity contribution in [3.63, 3.8) is 0 Å². The van der Waals surface area contributed by atoms with Crippen molar-refractivity contribution < 1.29 is 13.6 Å². The van der Waals surface area contributed by atoms with Gasteiger partial charge in [0, 0.05) is 35.6 Å². The first kappa shape index (κ1) is 22.9. The van der Waals surface area contributed by atoms with E-state index in [4.69, 9.17) is 0 Å². The molecule has 0 atom stereocenters. The van der Waals surface area contributed by atoms with E-state index >= 15 is 4.39 Å². The fraction of sp³-hybridized carbons (Fsp3) is 0.120. The quantitative estimate of drug-likeness (QED) is 0.276. The largest absolute Gasteiger partial charge is 0.336 e. The Morgan fingerprint density at radius 2 is 1.95 bits per heavy atom. The molecule has 3 N–H and O–H groups in total. The highest BCUT2D eigenvalue weighted by molar-refractivity contribution is 7.13. The first-order valence-corrected chi connectivity index (χ1v) is 12.1. The summed E-state index contributed by atoms with van der Waals surface area (Å²) in [5.41, 5.74) is 3.23. The Morgan fingerprint density at radius 1 is 1.08 bits per heavy atom. The van der Waals surface area contributed by atoms with E-state index in [1.165, 1.54) is 24.7 Å². The summed E-state index contributed by atoms with van der Waals surface area (Å²) in [6.07, 6.45) is 5.97. The fourth-order valence-electron chi connectivity index (χ4n) is 3.94. The number of H-pyrrole nitrogens is 2. The molecule has 6 aromatic rings. The smallest absolute Gasteiger partial charge is 0.226 e. The van der Waals surface area contributed by atoms with Crippen molar-refractivity contribution in [2.24, 2.45) is 5.92 Å². The molecule has 6 heterocycles. The van der Waals surface area contributed by atoms with E-state index < -0.39 is 5.82 Å². The van der Waals surface area contributed by atoms with Gasteiger partial charge in [0.25, 0.3) is 0 Å². The van der Waals surface area contributed by atoms with Crippen LogP contribution in [0.5, 0.6) is 0 Å². The molecule has 0 fully saturated rings. The molecule has 0 aliphatic rings. The van der Waals surface area contributed by atoms with E-state index in [-0.39, 0.29) is 39.2 Å². The van der Waals surface area contributed by atoms with Gasteiger partial charge in [0.05, 0.1) is 27.7 Å². The van der Waals surface area contributed by atoms with Crippen LogP contribution in [-0.2, 0) is 4.79 Å². The molecule has 0 aromatic carbocycles. The van der Waals surface area contributed by atoms with Crippen molar-refractivity contribution in [1.29, 1.82) is 0 Å². The molecule has 0 radical (unpaired) electrons. The average Bonchev–Trinajstić information content (AvgIpc) is 3.62. The Hall–Kier alpha value is -4.58. The van der Waals surface area contributed by atoms with Gasteiger partial charge in [-0.15, -0.1) is 11.3 Å². The standard InChI is InChI=1S/C25H18F2N8OS/c1-11(2)25(36)31-13-7-12(8-28-9-13)14-10-30-23-18(19(14)27)22(34-35-23)24-32-15-5-6-29-21(20(15)33-24)16-3-4-17(26)37-16/h3-11H,1-2H3,(H,31,36)(H,32,33)(H,30,34,35). The van der Waals surface area contributed by atoms with Crippen molar-refractivity contribution in [2.75, 3.05) is 5.32 Å². The van der Waals surface area contributed by atoms with Crippen molar-refractivity contribution in [3.05, 3.63) is 60.0 Å². The maximum atomic E-state index is 16.0. The summed E-state index contributed by atoms with van der Waals surface area (Å²) in [6, 6.07) is 6.38. The zero-order chi connectivity index (χ0) is 25.7. The number of pyridine rings is 3. The van der Waals surface area contributed by atoms with Crippen LogP contribution in [0.15, 0.2) is 49.1 Å². The number of nitrogens with zero attached hydrogens (tertiary/aromatic N) is 5. The van der Waals surface area contributed by atoms with Crippen LogP contribution in [0.3, 0.4) is 0 Å². The van der Waals surface area contributed by atoms with Crippen LogP contribution in [0.1, 0.15) is 13.8 Å². The molecule has 0 spiro atoms. The highest BCUT2D eigenvalue weighted by Crippen LogP contribution is 2.35. The minimum atomic E-state index is -0.568. The highest BCUT2D eigenvalue weighted by atomic mass is 32.1. The molecular formula is C25H18F2N8OS. The minimum Gasteiger partial charge on any atom is -0.336 e. The number of imidazole rings is 1. The number of aromatic amines is 2. The van der Waals surface area contributed by atoms with E-state index in [0.717, 1.165) is 11.3 Å². The molecule has 0 unspecified atom stereocenters. The third-order valence-corrected chi connectivity index (χ3v) is 6.68. The third-order valence-electron chi connectivity index (χ3n) is 5.80. The topological polar surface area (TPSA) is 125 Å². The number of anilines is 1. The second-order valence-corrected chi connectivity index (χ2v) is 9.67. The Kier molecular flexibility index (Phi) is 5.45. The summed E-state index contributed by atoms with van der Waals surface area (Å²) in [5, 5.41) is 9.61. The van der Waals surface area contributed by atoms with Crippen LogP contribution in [0.25, 0.3) is 55.3 Å². The van der Waals surface area contributed by atoms with Gasteiger partial charge in [0.2, 0.25) is 5.91 Å². The second-order valence-electron chi connectivity index (χ2n) is 8.63. The number of fused-ring (bicyclic) bond motifs is 2. The molecule has 0 aliphatic carbocycles. The van der Waals surface area contributed by atoms with Gasteiger partial charge in [-0.25, -0.2) is 14.4 Å². The van der Waals surface area contributed by atoms with Gasteiger partial charge in [0.15, 0.2) is 16.6 Å². The highest BCUT2D eigenvalue weighted by Gasteiger charge is 2.22. The molecule has 0 saturated heterocycles. The van der Waals surface area contributed by atoms with Gasteiger partial charge < -0.3 is 10.3 Å². The maximum absolute atomic E-state index is 16.0. The van der Waals surface area contributed by atoms with Crippen molar-refractivity contribution in [3.8, 4) is 33.2 Å². The van der Waals surface area contributed by atoms with E-state index in [1.807, 2.05) is 0 Å². The van der Waals surface area contributed by atoms with Gasteiger partial charge in [-0.2, -0.15) is 9.49 Å². The fourth-order valence-corrected chi connectivity index (χ4v) is 4.67. The van der Waals surface area contributed by atoms with Crippen LogP contribution in [-0.4, -0.2) is 41.0 Å². The number of carbonyl (C=O) groups excluding carboxylic acids is 1. The van der Waals surface area contributed by atoms with Crippen molar-refractivity contribution >= 4 is 45.0 Å². The van der Waals surface area contributed by atoms with Crippen LogP contribution >= 0.6 is 11.3 Å². The van der Waals surface area contributed by atoms with Crippen LogP contribution < -0.4 is 5.32 Å². The first-order valence-electron chi connectivity index (χ1n) is 11.3. The summed E-state index contributed by atoms with van der Waals surface area (Å²) in [4.78, 5) is 33.4. The lowest BCUT2D eigenvalue weighted by Crippen LogP contribution is -2.17. The van der Waals surface area contributed by atoms with E-state index in [2.05, 4.69) is 40.4 Å². The number of amides is 1. The Morgan fingerprint density at radius 3 is 2.73 bits per heavy atom. The summed E-state index contributed by atoms with van der Waals surface area (Å²) < 4.78 is 29.6. The van der Waals surface area contributed by atoms with E-state index in [1.54, 1.807) is 38.2 Å². The molecule has 6 aromatic heterocycles. The van der Waals surface area contributed by atoms with Gasteiger partial charge >= 0.3 is 0 Å². The lowest BCUT2D eigenvalue weighted by atomic mass is 10.1. The number of halogens is 2. The lowest BCUT2D eigenvalue weighted by Gasteiger charge is -2.09. The van der Waals surface area contributed by atoms with Gasteiger partial charge in [-0.05, 0) is 24.3 Å². The molecule has 0 bridgehead atoms. The molecule has 37 heavy (non-hydrogen) atoms. The predicted molar refractivity (Wildman–Crippen MR) is 137 cm³/mol. The molecule has 9 nitrogen and oxygen atoms in total. The maximum Gasteiger partial charge on any atom is 0.226 e. The number of aromatic nitrogens is 7. The molecule has 12 heteroatoms. The molecule has 0 saturated carbocycles. The predicted octanol–water partition coefficient (Wildman–Crippen LogP) is 5.56. The Bertz CT molecular complexity index is 1810. The van der Waals surface area contributed by atoms with Crippen molar-refractivity contribution in [2.45, 2.75) is 13.8 Å². The summed E-state index contributed by atoms with van der Waals surface area (Å²) in [6.45, 7) is 3.56. The van der Waals surface area contributed by atoms with Crippen LogP contribution in [0, 0.1) is 16.9 Å². The van der Waals surface area contributed by atoms with Crippen LogP contribution in [0.2, 0.25) is 0 Å². The lowest BCUT2D eigenvalue weighted by molar-refractivity contribution is -0.118. The molecule has 184 valence electrons. The van der Waals surface area contributed by atoms with E-state index in [9.17, 15) is 9.18 Å². The number of thiophene rings is 1. The molecule has 1 amide bonds. The first-order chi connectivity index (χ1) is 17.9. The van der Waals surface area contributed by atoms with Gasteiger partial charge in [-0.3, -0.25) is 19.9 Å². The Labute approximate surface area is 212 Å². The second kappa shape index (κ2) is 8.82. The third kappa shape index (κ3) is 4.00. The summed E-state index contributed by atoms with van der Waals surface area (Å²) in [7, 11) is 0. The average molecular weight is 517 g/mol. The number of carbonyl (C=O) groups is 1. The van der Waals surface area contributed by atoms with Crippen molar-refractivity contribution in [1.82, 2.24) is 35.1 Å². The summed E-state index contributed by atoms with van der Waals surface area (Å²) >= 11 is 0.966. The number of rotatable bonds is 5. The zero-order valence-electron chi connectivity index (χ0n) is 19.5.